The number of benzene rings is 1. The summed E-state index contributed by atoms with van der Waals surface area (Å²) < 4.78 is 7.49. The Balaban J connectivity index is 1.42. The number of hydrogen-bond acceptors (Lipinski definition) is 5. The third kappa shape index (κ3) is 3.02. The molecule has 1 fully saturated rings. The van der Waals surface area contributed by atoms with Gasteiger partial charge in [-0.15, -0.1) is 0 Å². The molecule has 4 aromatic rings. The Hall–Kier alpha value is -3.32. The van der Waals surface area contributed by atoms with Crippen molar-refractivity contribution in [1.82, 2.24) is 19.6 Å². The lowest BCUT2D eigenvalue weighted by Crippen LogP contribution is -2.36. The smallest absolute Gasteiger partial charge is 0.161 e. The third-order valence-corrected chi connectivity index (χ3v) is 4.87. The third-order valence-electron chi connectivity index (χ3n) is 4.87. The zero-order chi connectivity index (χ0) is 18.1. The second kappa shape index (κ2) is 6.77. The van der Waals surface area contributed by atoms with Crippen LogP contribution in [-0.4, -0.2) is 45.9 Å². The molecule has 7 heteroatoms. The number of fused-ring (bicyclic) bond motifs is 1. The lowest BCUT2D eigenvalue weighted by atomic mass is 10.2. The molecule has 1 aliphatic heterocycles. The number of nitrogens with one attached hydrogen (secondary N) is 2. The maximum atomic E-state index is 5.42. The second-order valence-electron chi connectivity index (χ2n) is 6.51. The van der Waals surface area contributed by atoms with Crippen LogP contribution in [0.3, 0.4) is 0 Å². The fourth-order valence-corrected chi connectivity index (χ4v) is 3.47. The standard InChI is InChI=1S/C20H20N6O/c1-3-17(25-9-11-27-12-10-25)4-2-16(1)24-18-5-6-19(15-13-22-23-14-15)26-8-7-21-20(18)26/h1-8,13-14,24H,9-12H2,(H,22,23). The van der Waals surface area contributed by atoms with E-state index in [9.17, 15) is 0 Å². The van der Waals surface area contributed by atoms with Crippen molar-refractivity contribution in [1.29, 1.82) is 0 Å². The van der Waals surface area contributed by atoms with Gasteiger partial charge in [-0.25, -0.2) is 4.98 Å². The molecule has 1 aliphatic rings. The van der Waals surface area contributed by atoms with Crippen LogP contribution in [0.5, 0.6) is 0 Å². The van der Waals surface area contributed by atoms with E-state index in [4.69, 9.17) is 4.74 Å². The molecular weight excluding hydrogens is 340 g/mol. The Kier molecular flexibility index (Phi) is 3.99. The van der Waals surface area contributed by atoms with Crippen molar-refractivity contribution >= 4 is 22.7 Å². The Labute approximate surface area is 156 Å². The number of morpholine rings is 1. The van der Waals surface area contributed by atoms with Gasteiger partial charge in [0.15, 0.2) is 5.65 Å². The minimum Gasteiger partial charge on any atom is -0.378 e. The molecule has 5 rings (SSSR count). The first-order valence-corrected chi connectivity index (χ1v) is 9.03. The molecule has 2 N–H and O–H groups in total. The van der Waals surface area contributed by atoms with Crippen LogP contribution in [0.15, 0.2) is 61.2 Å². The molecule has 0 amide bonds. The van der Waals surface area contributed by atoms with Gasteiger partial charge in [0.05, 0.1) is 30.8 Å². The van der Waals surface area contributed by atoms with E-state index >= 15 is 0 Å². The van der Waals surface area contributed by atoms with Crippen molar-refractivity contribution in [2.75, 3.05) is 36.5 Å². The van der Waals surface area contributed by atoms with Crippen LogP contribution in [-0.2, 0) is 4.74 Å². The molecule has 0 saturated carbocycles. The molecule has 1 saturated heterocycles. The summed E-state index contributed by atoms with van der Waals surface area (Å²) in [6.07, 6.45) is 7.47. The average Bonchev–Trinajstić information content (AvgIpc) is 3.42. The summed E-state index contributed by atoms with van der Waals surface area (Å²) in [5.74, 6) is 0. The molecule has 0 unspecified atom stereocenters. The van der Waals surface area contributed by atoms with E-state index in [2.05, 4.69) is 66.2 Å². The van der Waals surface area contributed by atoms with Gasteiger partial charge in [0.25, 0.3) is 0 Å². The first kappa shape index (κ1) is 15.9. The van der Waals surface area contributed by atoms with Gasteiger partial charge < -0.3 is 15.0 Å². The number of imidazole rings is 1. The minimum absolute atomic E-state index is 0.793. The lowest BCUT2D eigenvalue weighted by molar-refractivity contribution is 0.122. The van der Waals surface area contributed by atoms with Gasteiger partial charge in [0.2, 0.25) is 0 Å². The van der Waals surface area contributed by atoms with E-state index < -0.39 is 0 Å². The van der Waals surface area contributed by atoms with Crippen molar-refractivity contribution in [2.24, 2.45) is 0 Å². The van der Waals surface area contributed by atoms with Crippen molar-refractivity contribution in [3.8, 4) is 11.3 Å². The highest BCUT2D eigenvalue weighted by atomic mass is 16.5. The van der Waals surface area contributed by atoms with Crippen molar-refractivity contribution in [2.45, 2.75) is 0 Å². The van der Waals surface area contributed by atoms with E-state index in [1.54, 1.807) is 0 Å². The van der Waals surface area contributed by atoms with Gasteiger partial charge in [-0.1, -0.05) is 0 Å². The SMILES string of the molecule is c1cn2c(-c3cn[nH]c3)ccc(Nc3ccc(N4CCOCC4)cc3)c2n1. The zero-order valence-corrected chi connectivity index (χ0v) is 14.8. The molecular formula is C20H20N6O. The van der Waals surface area contributed by atoms with Crippen LogP contribution in [0, 0.1) is 0 Å². The number of aromatic nitrogens is 4. The quantitative estimate of drug-likeness (QED) is 0.584. The van der Waals surface area contributed by atoms with Crippen molar-refractivity contribution < 1.29 is 4.74 Å². The number of pyridine rings is 1. The highest BCUT2D eigenvalue weighted by Crippen LogP contribution is 2.28. The average molecular weight is 360 g/mol. The molecule has 0 aliphatic carbocycles. The molecule has 3 aromatic heterocycles. The summed E-state index contributed by atoms with van der Waals surface area (Å²) in [7, 11) is 0. The van der Waals surface area contributed by atoms with Crippen LogP contribution < -0.4 is 10.2 Å². The lowest BCUT2D eigenvalue weighted by Gasteiger charge is -2.29. The predicted molar refractivity (Wildman–Crippen MR) is 106 cm³/mol. The van der Waals surface area contributed by atoms with Crippen molar-refractivity contribution in [3.63, 3.8) is 0 Å². The first-order valence-electron chi connectivity index (χ1n) is 9.03. The molecule has 4 heterocycles. The molecule has 136 valence electrons. The number of H-pyrrole nitrogens is 1. The topological polar surface area (TPSA) is 70.5 Å². The largest absolute Gasteiger partial charge is 0.378 e. The van der Waals surface area contributed by atoms with Gasteiger partial charge in [0, 0.05) is 48.6 Å². The minimum atomic E-state index is 0.793. The molecule has 0 spiro atoms. The Morgan fingerprint density at radius 3 is 2.67 bits per heavy atom. The van der Waals surface area contributed by atoms with E-state index in [1.165, 1.54) is 5.69 Å². The number of hydrogen-bond donors (Lipinski definition) is 2. The monoisotopic (exact) mass is 360 g/mol. The number of ether oxygens (including phenoxy) is 1. The van der Waals surface area contributed by atoms with Gasteiger partial charge in [-0.3, -0.25) is 9.50 Å². The fourth-order valence-electron chi connectivity index (χ4n) is 3.47. The first-order chi connectivity index (χ1) is 13.4. The van der Waals surface area contributed by atoms with Crippen LogP contribution in [0.25, 0.3) is 16.9 Å². The Morgan fingerprint density at radius 1 is 1.04 bits per heavy atom. The normalized spacial score (nSPS) is 14.6. The van der Waals surface area contributed by atoms with Gasteiger partial charge >= 0.3 is 0 Å². The van der Waals surface area contributed by atoms with Gasteiger partial charge in [-0.05, 0) is 36.4 Å². The molecule has 0 radical (unpaired) electrons. The maximum absolute atomic E-state index is 5.42. The predicted octanol–water partition coefficient (Wildman–Crippen LogP) is 3.30. The van der Waals surface area contributed by atoms with E-state index in [0.717, 1.165) is 54.6 Å². The Bertz CT molecular complexity index is 1030. The summed E-state index contributed by atoms with van der Waals surface area (Å²) in [5, 5.41) is 10.4. The molecule has 0 atom stereocenters. The summed E-state index contributed by atoms with van der Waals surface area (Å²) in [6, 6.07) is 12.6. The number of rotatable bonds is 4. The van der Waals surface area contributed by atoms with Gasteiger partial charge in [-0.2, -0.15) is 5.10 Å². The maximum Gasteiger partial charge on any atom is 0.161 e. The van der Waals surface area contributed by atoms with Crippen molar-refractivity contribution in [3.05, 3.63) is 61.2 Å². The van der Waals surface area contributed by atoms with Crippen LogP contribution >= 0.6 is 0 Å². The highest BCUT2D eigenvalue weighted by Gasteiger charge is 2.12. The molecule has 7 nitrogen and oxygen atoms in total. The number of aromatic amines is 1. The molecule has 27 heavy (non-hydrogen) atoms. The second-order valence-corrected chi connectivity index (χ2v) is 6.51. The summed E-state index contributed by atoms with van der Waals surface area (Å²) >= 11 is 0. The summed E-state index contributed by atoms with van der Waals surface area (Å²) in [4.78, 5) is 6.87. The number of anilines is 3. The highest BCUT2D eigenvalue weighted by molar-refractivity contribution is 5.78. The van der Waals surface area contributed by atoms with Crippen LogP contribution in [0.1, 0.15) is 0 Å². The van der Waals surface area contributed by atoms with Crippen LogP contribution in [0.2, 0.25) is 0 Å². The summed E-state index contributed by atoms with van der Waals surface area (Å²) in [5.41, 5.74) is 6.18. The van der Waals surface area contributed by atoms with E-state index in [-0.39, 0.29) is 0 Å². The van der Waals surface area contributed by atoms with Gasteiger partial charge in [0.1, 0.15) is 0 Å². The number of nitrogens with zero attached hydrogens (tertiary/aromatic N) is 4. The van der Waals surface area contributed by atoms with E-state index in [0.29, 0.717) is 0 Å². The molecule has 0 bridgehead atoms. The van der Waals surface area contributed by atoms with Crippen LogP contribution in [0.4, 0.5) is 17.1 Å². The molecule has 1 aromatic carbocycles. The fraction of sp³-hybridized carbons (Fsp3) is 0.200. The zero-order valence-electron chi connectivity index (χ0n) is 14.8. The summed E-state index contributed by atoms with van der Waals surface area (Å²) in [6.45, 7) is 3.47. The van der Waals surface area contributed by atoms with E-state index in [1.807, 2.05) is 24.8 Å². The Morgan fingerprint density at radius 2 is 1.89 bits per heavy atom.